The Morgan fingerprint density at radius 2 is 2.00 bits per heavy atom. The van der Waals surface area contributed by atoms with Crippen molar-refractivity contribution < 1.29 is 0 Å². The molecular formula is C14H11ClN2S. The molecule has 0 saturated heterocycles. The number of hydrogen-bond acceptors (Lipinski definition) is 3. The Bertz CT molecular complexity index is 605. The second-order valence-electron chi connectivity index (χ2n) is 3.75. The zero-order valence-electron chi connectivity index (χ0n) is 9.56. The summed E-state index contributed by atoms with van der Waals surface area (Å²) in [5.74, 6) is 0.734. The van der Waals surface area contributed by atoms with Crippen molar-refractivity contribution in [3.8, 4) is 6.07 Å². The number of nitrogen functional groups attached to an aromatic ring is 1. The van der Waals surface area contributed by atoms with Gasteiger partial charge >= 0.3 is 0 Å². The molecule has 0 spiro atoms. The van der Waals surface area contributed by atoms with Crippen LogP contribution in [0.15, 0.2) is 47.4 Å². The average Bonchev–Trinajstić information content (AvgIpc) is 2.39. The molecule has 0 atom stereocenters. The van der Waals surface area contributed by atoms with Gasteiger partial charge in [0.2, 0.25) is 0 Å². The van der Waals surface area contributed by atoms with E-state index in [-0.39, 0.29) is 0 Å². The molecule has 0 saturated carbocycles. The van der Waals surface area contributed by atoms with Gasteiger partial charge in [-0.25, -0.2) is 0 Å². The maximum absolute atomic E-state index is 9.05. The summed E-state index contributed by atoms with van der Waals surface area (Å²) in [5, 5.41) is 9.80. The summed E-state index contributed by atoms with van der Waals surface area (Å²) in [6.07, 6.45) is 0. The Morgan fingerprint density at radius 1 is 1.22 bits per heavy atom. The van der Waals surface area contributed by atoms with Gasteiger partial charge in [0, 0.05) is 21.4 Å². The highest BCUT2D eigenvalue weighted by Crippen LogP contribution is 2.29. The molecule has 0 fully saturated rings. The lowest BCUT2D eigenvalue weighted by Gasteiger charge is -2.06. The number of anilines is 1. The molecule has 90 valence electrons. The average molecular weight is 275 g/mol. The molecule has 2 aromatic rings. The van der Waals surface area contributed by atoms with Crippen LogP contribution in [0.3, 0.4) is 0 Å². The van der Waals surface area contributed by atoms with Gasteiger partial charge < -0.3 is 5.73 Å². The van der Waals surface area contributed by atoms with E-state index >= 15 is 0 Å². The number of halogens is 1. The van der Waals surface area contributed by atoms with E-state index in [1.54, 1.807) is 23.9 Å². The third-order valence-corrected chi connectivity index (χ3v) is 3.96. The third kappa shape index (κ3) is 2.98. The largest absolute Gasteiger partial charge is 0.399 e. The van der Waals surface area contributed by atoms with Crippen molar-refractivity contribution >= 4 is 29.1 Å². The normalized spacial score (nSPS) is 10.0. The van der Waals surface area contributed by atoms with Crippen LogP contribution in [0.1, 0.15) is 11.1 Å². The van der Waals surface area contributed by atoms with E-state index in [4.69, 9.17) is 22.6 Å². The highest BCUT2D eigenvalue weighted by atomic mass is 35.5. The van der Waals surface area contributed by atoms with Gasteiger partial charge in [-0.1, -0.05) is 29.8 Å². The first-order chi connectivity index (χ1) is 8.70. The van der Waals surface area contributed by atoms with E-state index in [2.05, 4.69) is 6.07 Å². The van der Waals surface area contributed by atoms with E-state index in [1.807, 2.05) is 30.3 Å². The molecule has 18 heavy (non-hydrogen) atoms. The minimum absolute atomic E-state index is 0.604. The smallest absolute Gasteiger partial charge is 0.100 e. The molecule has 0 bridgehead atoms. The summed E-state index contributed by atoms with van der Waals surface area (Å²) < 4.78 is 0. The predicted molar refractivity (Wildman–Crippen MR) is 76.6 cm³/mol. The molecule has 2 N–H and O–H groups in total. The number of thioether (sulfide) groups is 1. The third-order valence-electron chi connectivity index (χ3n) is 2.47. The first-order valence-corrected chi connectivity index (χ1v) is 6.73. The Kier molecular flexibility index (Phi) is 4.14. The van der Waals surface area contributed by atoms with Crippen LogP contribution in [0.4, 0.5) is 5.69 Å². The standard InChI is InChI=1S/C14H11ClN2S/c15-13-4-2-1-3-10(13)9-18-14-6-5-12(17)7-11(14)8-16/h1-7H,9,17H2. The van der Waals surface area contributed by atoms with Gasteiger partial charge in [0.15, 0.2) is 0 Å². The Hall–Kier alpha value is -1.63. The van der Waals surface area contributed by atoms with E-state index in [0.717, 1.165) is 21.2 Å². The van der Waals surface area contributed by atoms with Crippen molar-refractivity contribution in [1.29, 1.82) is 5.26 Å². The molecule has 0 radical (unpaired) electrons. The fourth-order valence-electron chi connectivity index (χ4n) is 1.53. The summed E-state index contributed by atoms with van der Waals surface area (Å²) in [6, 6.07) is 15.2. The first-order valence-electron chi connectivity index (χ1n) is 5.36. The summed E-state index contributed by atoms with van der Waals surface area (Å²) in [7, 11) is 0. The molecule has 2 rings (SSSR count). The van der Waals surface area contributed by atoms with Crippen molar-refractivity contribution in [2.24, 2.45) is 0 Å². The number of hydrogen-bond donors (Lipinski definition) is 1. The van der Waals surface area contributed by atoms with Gasteiger partial charge in [0.05, 0.1) is 5.56 Å². The lowest BCUT2D eigenvalue weighted by molar-refractivity contribution is 1.34. The van der Waals surface area contributed by atoms with Crippen molar-refractivity contribution in [2.75, 3.05) is 5.73 Å². The second-order valence-corrected chi connectivity index (χ2v) is 5.17. The number of rotatable bonds is 3. The number of nitriles is 1. The highest BCUT2D eigenvalue weighted by Gasteiger charge is 2.05. The summed E-state index contributed by atoms with van der Waals surface area (Å²) >= 11 is 7.68. The minimum Gasteiger partial charge on any atom is -0.399 e. The van der Waals surface area contributed by atoms with Crippen LogP contribution in [0.5, 0.6) is 0 Å². The van der Waals surface area contributed by atoms with Crippen molar-refractivity contribution in [1.82, 2.24) is 0 Å². The van der Waals surface area contributed by atoms with Crippen molar-refractivity contribution in [2.45, 2.75) is 10.6 Å². The molecule has 0 aromatic heterocycles. The molecule has 0 aliphatic heterocycles. The Balaban J connectivity index is 2.16. The van der Waals surface area contributed by atoms with Gasteiger partial charge in [-0.3, -0.25) is 0 Å². The number of nitrogens with two attached hydrogens (primary N) is 1. The highest BCUT2D eigenvalue weighted by molar-refractivity contribution is 7.98. The summed E-state index contributed by atoms with van der Waals surface area (Å²) in [4.78, 5) is 0.923. The molecule has 0 aliphatic carbocycles. The van der Waals surface area contributed by atoms with Crippen molar-refractivity contribution in [3.05, 3.63) is 58.6 Å². The molecule has 4 heteroatoms. The lowest BCUT2D eigenvalue weighted by atomic mass is 10.2. The van der Waals surface area contributed by atoms with Crippen LogP contribution in [-0.2, 0) is 5.75 Å². The Labute approximate surface area is 115 Å². The van der Waals surface area contributed by atoms with E-state index in [9.17, 15) is 0 Å². The maximum atomic E-state index is 9.05. The SMILES string of the molecule is N#Cc1cc(N)ccc1SCc1ccccc1Cl. The van der Waals surface area contributed by atoms with Gasteiger partial charge in [-0.05, 0) is 29.8 Å². The molecule has 0 unspecified atom stereocenters. The van der Waals surface area contributed by atoms with E-state index in [1.165, 1.54) is 0 Å². The van der Waals surface area contributed by atoms with E-state index < -0.39 is 0 Å². The minimum atomic E-state index is 0.604. The fraction of sp³-hybridized carbons (Fsp3) is 0.0714. The van der Waals surface area contributed by atoms with E-state index in [0.29, 0.717) is 11.3 Å². The van der Waals surface area contributed by atoms with Gasteiger partial charge in [0.25, 0.3) is 0 Å². The molecule has 2 aromatic carbocycles. The monoisotopic (exact) mass is 274 g/mol. The van der Waals surface area contributed by atoms with Crippen LogP contribution in [0, 0.1) is 11.3 Å². The molecular weight excluding hydrogens is 264 g/mol. The molecule has 0 amide bonds. The zero-order valence-corrected chi connectivity index (χ0v) is 11.1. The van der Waals surface area contributed by atoms with Crippen LogP contribution in [-0.4, -0.2) is 0 Å². The molecule has 0 aliphatic rings. The maximum Gasteiger partial charge on any atom is 0.100 e. The quantitative estimate of drug-likeness (QED) is 0.677. The topological polar surface area (TPSA) is 49.8 Å². The van der Waals surface area contributed by atoms with Gasteiger partial charge in [0.1, 0.15) is 6.07 Å². The van der Waals surface area contributed by atoms with Gasteiger partial charge in [-0.15, -0.1) is 11.8 Å². The number of benzene rings is 2. The Morgan fingerprint density at radius 3 is 2.72 bits per heavy atom. The van der Waals surface area contributed by atoms with Crippen molar-refractivity contribution in [3.63, 3.8) is 0 Å². The summed E-state index contributed by atoms with van der Waals surface area (Å²) in [6.45, 7) is 0. The first kappa shape index (κ1) is 12.8. The van der Waals surface area contributed by atoms with Crippen LogP contribution in [0.2, 0.25) is 5.02 Å². The second kappa shape index (κ2) is 5.81. The van der Waals surface area contributed by atoms with Crippen LogP contribution in [0.25, 0.3) is 0 Å². The van der Waals surface area contributed by atoms with Crippen LogP contribution < -0.4 is 5.73 Å². The van der Waals surface area contributed by atoms with Gasteiger partial charge in [-0.2, -0.15) is 5.26 Å². The molecule has 2 nitrogen and oxygen atoms in total. The predicted octanol–water partition coefficient (Wildman–Crippen LogP) is 4.09. The zero-order chi connectivity index (χ0) is 13.0. The number of nitrogens with zero attached hydrogens (tertiary/aromatic N) is 1. The lowest BCUT2D eigenvalue weighted by Crippen LogP contribution is -1.89. The van der Waals surface area contributed by atoms with Crippen LogP contribution >= 0.6 is 23.4 Å². The summed E-state index contributed by atoms with van der Waals surface area (Å²) in [5.41, 5.74) is 7.92. The molecule has 0 heterocycles. The fourth-order valence-corrected chi connectivity index (χ4v) is 2.80.